The van der Waals surface area contributed by atoms with Crippen molar-refractivity contribution in [2.24, 2.45) is 4.99 Å². The van der Waals surface area contributed by atoms with Crippen molar-refractivity contribution in [3.8, 4) is 5.88 Å². The molecule has 0 aliphatic carbocycles. The summed E-state index contributed by atoms with van der Waals surface area (Å²) in [5.41, 5.74) is 0.0647. The number of β-amino-alcohol motifs (C(OH)–C–C–N with tert-alkyl or cyclic N) is 1. The maximum Gasteiger partial charge on any atom is 0.218 e. The Morgan fingerprint density at radius 3 is 2.85 bits per heavy atom. The van der Waals surface area contributed by atoms with Gasteiger partial charge in [-0.15, -0.1) is 0 Å². The number of nitrogens with zero attached hydrogens (tertiary/aromatic N) is 3. The zero-order chi connectivity index (χ0) is 19.5. The molecule has 0 bridgehead atoms. The van der Waals surface area contributed by atoms with Crippen LogP contribution in [0.15, 0.2) is 23.3 Å². The number of aliphatic hydroxyl groups is 1. The number of nitrogens with one attached hydrogen (secondary N) is 2. The Kier molecular flexibility index (Phi) is 8.77. The van der Waals surface area contributed by atoms with Gasteiger partial charge in [0.15, 0.2) is 5.96 Å². The molecule has 8 heteroatoms. The fourth-order valence-electron chi connectivity index (χ4n) is 2.89. The normalized spacial score (nSPS) is 18.0. The maximum atomic E-state index is 10.7. The van der Waals surface area contributed by atoms with Crippen LogP contribution in [0.25, 0.3) is 0 Å². The Hall–Kier alpha value is -1.90. The highest BCUT2D eigenvalue weighted by molar-refractivity contribution is 5.79. The lowest BCUT2D eigenvalue weighted by molar-refractivity contribution is -0.0201. The van der Waals surface area contributed by atoms with Crippen molar-refractivity contribution in [1.29, 1.82) is 0 Å². The molecule has 0 amide bonds. The Labute approximate surface area is 162 Å². The summed E-state index contributed by atoms with van der Waals surface area (Å²) >= 11 is 0. The highest BCUT2D eigenvalue weighted by atomic mass is 16.5. The van der Waals surface area contributed by atoms with E-state index < -0.39 is 5.60 Å². The minimum atomic E-state index is -0.863. The van der Waals surface area contributed by atoms with E-state index in [1.54, 1.807) is 6.20 Å². The van der Waals surface area contributed by atoms with E-state index in [0.29, 0.717) is 38.1 Å². The molecular formula is C19H33N5O3. The molecule has 0 spiro atoms. The quantitative estimate of drug-likeness (QED) is 0.428. The van der Waals surface area contributed by atoms with Crippen molar-refractivity contribution in [3.63, 3.8) is 0 Å². The Morgan fingerprint density at radius 2 is 2.15 bits per heavy atom. The molecule has 1 aliphatic heterocycles. The van der Waals surface area contributed by atoms with E-state index >= 15 is 0 Å². The standard InChI is InChI=1S/C19H33N5O3/c1-4-20-18(22-13-16-7-6-8-21-17(16)27-5-2)23-14-19(3,25)15-24-9-11-26-12-10-24/h6-8,25H,4-5,9-15H2,1-3H3,(H2,20,22,23). The summed E-state index contributed by atoms with van der Waals surface area (Å²) in [6, 6.07) is 3.83. The van der Waals surface area contributed by atoms with Gasteiger partial charge in [-0.25, -0.2) is 9.98 Å². The zero-order valence-electron chi connectivity index (χ0n) is 16.7. The molecule has 1 aromatic rings. The first kappa shape index (κ1) is 21.4. The monoisotopic (exact) mass is 379 g/mol. The van der Waals surface area contributed by atoms with Crippen molar-refractivity contribution in [2.75, 3.05) is 52.5 Å². The van der Waals surface area contributed by atoms with Crippen LogP contribution < -0.4 is 15.4 Å². The number of hydrogen-bond acceptors (Lipinski definition) is 6. The van der Waals surface area contributed by atoms with Crippen molar-refractivity contribution < 1.29 is 14.6 Å². The molecular weight excluding hydrogens is 346 g/mol. The number of morpholine rings is 1. The van der Waals surface area contributed by atoms with Gasteiger partial charge in [-0.1, -0.05) is 6.07 Å². The molecule has 2 heterocycles. The third-order valence-electron chi connectivity index (χ3n) is 4.19. The summed E-state index contributed by atoms with van der Waals surface area (Å²) in [7, 11) is 0. The van der Waals surface area contributed by atoms with Crippen LogP contribution in [0, 0.1) is 0 Å². The van der Waals surface area contributed by atoms with Crippen LogP contribution in [0.1, 0.15) is 26.3 Å². The lowest BCUT2D eigenvalue weighted by Gasteiger charge is -2.34. The van der Waals surface area contributed by atoms with Gasteiger partial charge in [0.2, 0.25) is 5.88 Å². The van der Waals surface area contributed by atoms with Crippen LogP contribution in [0.5, 0.6) is 5.88 Å². The van der Waals surface area contributed by atoms with Crippen molar-refractivity contribution in [3.05, 3.63) is 23.9 Å². The van der Waals surface area contributed by atoms with Gasteiger partial charge in [0, 0.05) is 44.5 Å². The van der Waals surface area contributed by atoms with Gasteiger partial charge in [-0.3, -0.25) is 4.90 Å². The van der Waals surface area contributed by atoms with Gasteiger partial charge in [0.05, 0.1) is 32.0 Å². The van der Waals surface area contributed by atoms with Gasteiger partial charge in [-0.2, -0.15) is 0 Å². The molecule has 27 heavy (non-hydrogen) atoms. The van der Waals surface area contributed by atoms with Crippen LogP contribution >= 0.6 is 0 Å². The average Bonchev–Trinajstić information content (AvgIpc) is 2.66. The van der Waals surface area contributed by atoms with Crippen molar-refractivity contribution in [2.45, 2.75) is 32.9 Å². The molecule has 1 atom stereocenters. The molecule has 2 rings (SSSR count). The fourth-order valence-corrected chi connectivity index (χ4v) is 2.89. The smallest absolute Gasteiger partial charge is 0.218 e. The Bertz CT molecular complexity index is 588. The molecule has 152 valence electrons. The highest BCUT2D eigenvalue weighted by Gasteiger charge is 2.25. The van der Waals surface area contributed by atoms with Gasteiger partial charge < -0.3 is 25.2 Å². The summed E-state index contributed by atoms with van der Waals surface area (Å²) in [6.45, 7) is 11.7. The van der Waals surface area contributed by atoms with Gasteiger partial charge >= 0.3 is 0 Å². The third kappa shape index (κ3) is 7.70. The topological polar surface area (TPSA) is 91.2 Å². The van der Waals surface area contributed by atoms with E-state index in [-0.39, 0.29) is 0 Å². The maximum absolute atomic E-state index is 10.7. The van der Waals surface area contributed by atoms with Crippen LogP contribution in [-0.4, -0.2) is 79.1 Å². The number of aromatic nitrogens is 1. The largest absolute Gasteiger partial charge is 0.478 e. The van der Waals surface area contributed by atoms with Crippen LogP contribution in [0.4, 0.5) is 0 Å². The van der Waals surface area contributed by atoms with Crippen LogP contribution in [-0.2, 0) is 11.3 Å². The second kappa shape index (κ2) is 11.1. The molecule has 1 unspecified atom stereocenters. The van der Waals surface area contributed by atoms with Crippen LogP contribution in [0.3, 0.4) is 0 Å². The molecule has 3 N–H and O–H groups in total. The average molecular weight is 380 g/mol. The molecule has 0 saturated carbocycles. The Balaban J connectivity index is 1.92. The SMILES string of the molecule is CCNC(=NCc1cccnc1OCC)NCC(C)(O)CN1CCOCC1. The summed E-state index contributed by atoms with van der Waals surface area (Å²) < 4.78 is 10.9. The molecule has 0 radical (unpaired) electrons. The second-order valence-corrected chi connectivity index (χ2v) is 6.83. The van der Waals surface area contributed by atoms with E-state index in [1.807, 2.05) is 32.9 Å². The molecule has 1 aromatic heterocycles. The van der Waals surface area contributed by atoms with Crippen LogP contribution in [0.2, 0.25) is 0 Å². The third-order valence-corrected chi connectivity index (χ3v) is 4.19. The number of rotatable bonds is 9. The first-order valence-electron chi connectivity index (χ1n) is 9.65. The lowest BCUT2D eigenvalue weighted by atomic mass is 10.1. The number of guanidine groups is 1. The van der Waals surface area contributed by atoms with E-state index in [4.69, 9.17) is 9.47 Å². The summed E-state index contributed by atoms with van der Waals surface area (Å²) in [5.74, 6) is 1.27. The minimum Gasteiger partial charge on any atom is -0.478 e. The second-order valence-electron chi connectivity index (χ2n) is 6.83. The number of hydrogen-bond donors (Lipinski definition) is 3. The fraction of sp³-hybridized carbons (Fsp3) is 0.684. The lowest BCUT2D eigenvalue weighted by Crippen LogP contribution is -2.52. The predicted octanol–water partition coefficient (Wildman–Crippen LogP) is 0.619. The number of aliphatic imine (C=N–C) groups is 1. The highest BCUT2D eigenvalue weighted by Crippen LogP contribution is 2.15. The van der Waals surface area contributed by atoms with E-state index in [1.165, 1.54) is 0 Å². The van der Waals surface area contributed by atoms with Gasteiger partial charge in [0.1, 0.15) is 0 Å². The molecule has 8 nitrogen and oxygen atoms in total. The van der Waals surface area contributed by atoms with E-state index in [0.717, 1.165) is 38.4 Å². The number of pyridine rings is 1. The van der Waals surface area contributed by atoms with Crippen molar-refractivity contribution in [1.82, 2.24) is 20.5 Å². The summed E-state index contributed by atoms with van der Waals surface area (Å²) in [4.78, 5) is 11.1. The minimum absolute atomic E-state index is 0.404. The molecule has 1 saturated heterocycles. The molecule has 1 fully saturated rings. The zero-order valence-corrected chi connectivity index (χ0v) is 16.7. The number of ether oxygens (including phenoxy) is 2. The van der Waals surface area contributed by atoms with E-state index in [9.17, 15) is 5.11 Å². The molecule has 0 aromatic carbocycles. The van der Waals surface area contributed by atoms with E-state index in [2.05, 4.69) is 25.5 Å². The van der Waals surface area contributed by atoms with Gasteiger partial charge in [0.25, 0.3) is 0 Å². The first-order chi connectivity index (χ1) is 13.0. The Morgan fingerprint density at radius 1 is 1.37 bits per heavy atom. The summed E-state index contributed by atoms with van der Waals surface area (Å²) in [5, 5.41) is 17.2. The van der Waals surface area contributed by atoms with Crippen molar-refractivity contribution >= 4 is 5.96 Å². The predicted molar refractivity (Wildman–Crippen MR) is 106 cm³/mol. The first-order valence-corrected chi connectivity index (χ1v) is 9.65. The summed E-state index contributed by atoms with van der Waals surface area (Å²) in [6.07, 6.45) is 1.71. The van der Waals surface area contributed by atoms with Gasteiger partial charge in [-0.05, 0) is 26.8 Å². The molecule has 1 aliphatic rings.